The van der Waals surface area contributed by atoms with Crippen LogP contribution >= 0.6 is 0 Å². The molecule has 0 saturated carbocycles. The van der Waals surface area contributed by atoms with Crippen LogP contribution in [-0.4, -0.2) is 37.9 Å². The summed E-state index contributed by atoms with van der Waals surface area (Å²) in [5.41, 5.74) is 1.05. The quantitative estimate of drug-likeness (QED) is 0.257. The summed E-state index contributed by atoms with van der Waals surface area (Å²) in [4.78, 5) is 2.33. The second-order valence-corrected chi connectivity index (χ2v) is 9.00. The van der Waals surface area contributed by atoms with Gasteiger partial charge in [-0.05, 0) is 78.2 Å². The van der Waals surface area contributed by atoms with Crippen LogP contribution in [0.1, 0.15) is 41.6 Å². The molecule has 1 heterocycles. The number of methoxy groups -OCH3 is 3. The maximum Gasteiger partial charge on any atom is 0.173 e. The van der Waals surface area contributed by atoms with E-state index >= 15 is 0 Å². The molecule has 1 aromatic heterocycles. The molecule has 0 fully saturated rings. The predicted octanol–water partition coefficient (Wildman–Crippen LogP) is 6.00. The molecule has 0 saturated heterocycles. The van der Waals surface area contributed by atoms with E-state index < -0.39 is 5.60 Å². The Morgan fingerprint density at radius 3 is 1.86 bits per heavy atom. The Bertz CT molecular complexity index is 1220. The molecule has 194 valence electrons. The van der Waals surface area contributed by atoms with Gasteiger partial charge in [0.1, 0.15) is 28.8 Å². The normalized spacial score (nSPS) is 11.5. The van der Waals surface area contributed by atoms with Crippen LogP contribution in [-0.2, 0) is 18.7 Å². The molecule has 0 atom stereocenters. The summed E-state index contributed by atoms with van der Waals surface area (Å²) < 4.78 is 22.4. The van der Waals surface area contributed by atoms with Gasteiger partial charge in [-0.2, -0.15) is 0 Å². The van der Waals surface area contributed by atoms with Gasteiger partial charge in [0, 0.05) is 6.54 Å². The number of benzene rings is 3. The number of aliphatic hydroxyl groups is 1. The van der Waals surface area contributed by atoms with Crippen LogP contribution in [0.5, 0.6) is 17.2 Å². The molecule has 0 radical (unpaired) electrons. The minimum Gasteiger partial charge on any atom is -0.497 e. The second kappa shape index (κ2) is 12.0. The highest BCUT2D eigenvalue weighted by Gasteiger charge is 2.37. The standard InChI is InChI=1S/C31H35NO5/c1-5-19-32(21-23-7-6-8-28(20-23)36-4)22-29-17-18-30(37-29)31(33,24-9-13-26(34-2)14-10-24)25-11-15-27(35-3)16-12-25/h6-18,20,33H,5,19,21-22H2,1-4H3. The molecule has 6 heteroatoms. The Kier molecular flexibility index (Phi) is 8.54. The van der Waals surface area contributed by atoms with Crippen molar-refractivity contribution in [3.8, 4) is 17.2 Å². The van der Waals surface area contributed by atoms with Gasteiger partial charge in [-0.15, -0.1) is 0 Å². The van der Waals surface area contributed by atoms with Crippen molar-refractivity contribution in [1.29, 1.82) is 0 Å². The largest absolute Gasteiger partial charge is 0.497 e. The minimum absolute atomic E-state index is 0.454. The fourth-order valence-electron chi connectivity index (χ4n) is 4.55. The Morgan fingerprint density at radius 2 is 1.32 bits per heavy atom. The van der Waals surface area contributed by atoms with Gasteiger partial charge in [0.2, 0.25) is 0 Å². The third-order valence-electron chi connectivity index (χ3n) is 6.49. The van der Waals surface area contributed by atoms with Crippen molar-refractivity contribution in [3.05, 3.63) is 113 Å². The van der Waals surface area contributed by atoms with Crippen LogP contribution in [0.15, 0.2) is 89.3 Å². The van der Waals surface area contributed by atoms with E-state index in [0.29, 0.717) is 34.9 Å². The van der Waals surface area contributed by atoms with E-state index in [0.717, 1.165) is 31.0 Å². The molecule has 37 heavy (non-hydrogen) atoms. The van der Waals surface area contributed by atoms with Crippen LogP contribution in [0, 0.1) is 0 Å². The zero-order valence-electron chi connectivity index (χ0n) is 21.9. The van der Waals surface area contributed by atoms with Crippen LogP contribution < -0.4 is 14.2 Å². The minimum atomic E-state index is -1.49. The van der Waals surface area contributed by atoms with Gasteiger partial charge in [0.05, 0.1) is 27.9 Å². The maximum absolute atomic E-state index is 12.2. The number of hydrogen-bond donors (Lipinski definition) is 1. The van der Waals surface area contributed by atoms with Crippen molar-refractivity contribution in [2.45, 2.75) is 32.0 Å². The fourth-order valence-corrected chi connectivity index (χ4v) is 4.55. The Balaban J connectivity index is 1.65. The first-order valence-electron chi connectivity index (χ1n) is 12.5. The third-order valence-corrected chi connectivity index (χ3v) is 6.49. The first kappa shape index (κ1) is 26.3. The topological polar surface area (TPSA) is 64.3 Å². The van der Waals surface area contributed by atoms with E-state index in [-0.39, 0.29) is 0 Å². The van der Waals surface area contributed by atoms with E-state index in [2.05, 4.69) is 24.0 Å². The molecule has 0 bridgehead atoms. The summed E-state index contributed by atoms with van der Waals surface area (Å²) in [6, 6.07) is 26.7. The molecule has 3 aromatic carbocycles. The first-order valence-corrected chi connectivity index (χ1v) is 12.5. The van der Waals surface area contributed by atoms with E-state index in [1.807, 2.05) is 72.8 Å². The van der Waals surface area contributed by atoms with E-state index in [1.54, 1.807) is 21.3 Å². The van der Waals surface area contributed by atoms with Crippen molar-refractivity contribution < 1.29 is 23.7 Å². The molecule has 6 nitrogen and oxygen atoms in total. The number of ether oxygens (including phenoxy) is 3. The van der Waals surface area contributed by atoms with Crippen molar-refractivity contribution >= 4 is 0 Å². The highest BCUT2D eigenvalue weighted by Crippen LogP contribution is 2.39. The lowest BCUT2D eigenvalue weighted by Gasteiger charge is -2.28. The first-order chi connectivity index (χ1) is 18.0. The van der Waals surface area contributed by atoms with Crippen LogP contribution in [0.4, 0.5) is 0 Å². The number of rotatable bonds is 12. The van der Waals surface area contributed by atoms with Gasteiger partial charge in [-0.3, -0.25) is 4.90 Å². The lowest BCUT2D eigenvalue weighted by molar-refractivity contribution is 0.0951. The lowest BCUT2D eigenvalue weighted by atomic mass is 9.84. The molecule has 0 aliphatic carbocycles. The maximum atomic E-state index is 12.2. The number of hydrogen-bond acceptors (Lipinski definition) is 6. The van der Waals surface area contributed by atoms with Gasteiger partial charge < -0.3 is 23.7 Å². The SMILES string of the molecule is CCCN(Cc1cccc(OC)c1)Cc1ccc(C(O)(c2ccc(OC)cc2)c2ccc(OC)cc2)o1. The molecule has 0 aliphatic rings. The summed E-state index contributed by atoms with van der Waals surface area (Å²) in [5, 5.41) is 12.2. The summed E-state index contributed by atoms with van der Waals surface area (Å²) >= 11 is 0. The Labute approximate surface area is 219 Å². The van der Waals surface area contributed by atoms with Gasteiger partial charge in [0.15, 0.2) is 5.60 Å². The highest BCUT2D eigenvalue weighted by atomic mass is 16.5. The summed E-state index contributed by atoms with van der Waals surface area (Å²) in [6.45, 7) is 4.46. The van der Waals surface area contributed by atoms with Crippen LogP contribution in [0.2, 0.25) is 0 Å². The third kappa shape index (κ3) is 5.98. The molecular formula is C31H35NO5. The molecule has 4 rings (SSSR count). The Hall–Kier alpha value is -3.74. The molecule has 4 aromatic rings. The fraction of sp³-hybridized carbons (Fsp3) is 0.290. The van der Waals surface area contributed by atoms with E-state index in [4.69, 9.17) is 18.6 Å². The highest BCUT2D eigenvalue weighted by molar-refractivity contribution is 5.46. The molecule has 0 unspecified atom stereocenters. The zero-order valence-corrected chi connectivity index (χ0v) is 21.9. The van der Waals surface area contributed by atoms with Crippen LogP contribution in [0.25, 0.3) is 0 Å². The Morgan fingerprint density at radius 1 is 0.730 bits per heavy atom. The van der Waals surface area contributed by atoms with Crippen molar-refractivity contribution in [3.63, 3.8) is 0 Å². The number of nitrogens with zero attached hydrogens (tertiary/aromatic N) is 1. The van der Waals surface area contributed by atoms with Gasteiger partial charge in [0.25, 0.3) is 0 Å². The van der Waals surface area contributed by atoms with Gasteiger partial charge in [-0.25, -0.2) is 0 Å². The summed E-state index contributed by atoms with van der Waals surface area (Å²) in [5.74, 6) is 3.52. The van der Waals surface area contributed by atoms with Crippen molar-refractivity contribution in [1.82, 2.24) is 4.90 Å². The monoisotopic (exact) mass is 501 g/mol. The van der Waals surface area contributed by atoms with Gasteiger partial charge >= 0.3 is 0 Å². The average Bonchev–Trinajstić information content (AvgIpc) is 3.42. The molecule has 0 amide bonds. The van der Waals surface area contributed by atoms with E-state index in [9.17, 15) is 5.11 Å². The summed E-state index contributed by atoms with van der Waals surface area (Å²) in [6.07, 6.45) is 1.01. The van der Waals surface area contributed by atoms with Crippen molar-refractivity contribution in [2.75, 3.05) is 27.9 Å². The lowest BCUT2D eigenvalue weighted by Crippen LogP contribution is -2.28. The average molecular weight is 502 g/mol. The van der Waals surface area contributed by atoms with E-state index in [1.165, 1.54) is 5.56 Å². The molecular weight excluding hydrogens is 466 g/mol. The molecule has 0 spiro atoms. The predicted molar refractivity (Wildman–Crippen MR) is 144 cm³/mol. The zero-order chi connectivity index (χ0) is 26.3. The number of furan rings is 1. The molecule has 0 aliphatic heterocycles. The van der Waals surface area contributed by atoms with Crippen LogP contribution in [0.3, 0.4) is 0 Å². The van der Waals surface area contributed by atoms with Gasteiger partial charge in [-0.1, -0.05) is 43.3 Å². The second-order valence-electron chi connectivity index (χ2n) is 9.00. The smallest absolute Gasteiger partial charge is 0.173 e. The molecule has 1 N–H and O–H groups in total. The van der Waals surface area contributed by atoms with Crippen molar-refractivity contribution in [2.24, 2.45) is 0 Å². The summed E-state index contributed by atoms with van der Waals surface area (Å²) in [7, 11) is 4.92.